The predicted molar refractivity (Wildman–Crippen MR) is 49.6 cm³/mol. The second-order valence-corrected chi connectivity index (χ2v) is 4.44. The van der Waals surface area contributed by atoms with Crippen LogP contribution in [0.4, 0.5) is 8.78 Å². The summed E-state index contributed by atoms with van der Waals surface area (Å²) in [6.07, 6.45) is 0.903. The zero-order valence-electron chi connectivity index (χ0n) is 8.48. The molecule has 82 valence electrons. The highest BCUT2D eigenvalue weighted by molar-refractivity contribution is 4.98. The number of morpholine rings is 1. The number of hydrogen-bond donors (Lipinski definition) is 1. The Morgan fingerprint density at radius 1 is 1.21 bits per heavy atom. The summed E-state index contributed by atoms with van der Waals surface area (Å²) in [7, 11) is 0. The lowest BCUT2D eigenvalue weighted by atomic mass is 9.77. The third-order valence-corrected chi connectivity index (χ3v) is 3.56. The molecule has 1 N–H and O–H groups in total. The fraction of sp³-hybridized carbons (Fsp3) is 1.00. The smallest absolute Gasteiger partial charge is 0.248 e. The molecule has 4 heteroatoms. The quantitative estimate of drug-likeness (QED) is 0.652. The maximum atomic E-state index is 13.0. The number of halogens is 2. The highest BCUT2D eigenvalue weighted by Crippen LogP contribution is 2.42. The molecular formula is C10H17F2NO. The first-order valence-corrected chi connectivity index (χ1v) is 5.29. The Hall–Kier alpha value is -0.220. The van der Waals surface area contributed by atoms with Crippen molar-refractivity contribution in [3.05, 3.63) is 0 Å². The Bertz CT molecular complexity index is 210. The lowest BCUT2D eigenvalue weighted by molar-refractivity contribution is -0.158. The van der Waals surface area contributed by atoms with Gasteiger partial charge in [0, 0.05) is 25.4 Å². The third kappa shape index (κ3) is 1.77. The molecule has 1 heterocycles. The molecule has 14 heavy (non-hydrogen) atoms. The molecule has 0 aromatic carbocycles. The molecule has 0 bridgehead atoms. The molecule has 0 aromatic heterocycles. The summed E-state index contributed by atoms with van der Waals surface area (Å²) < 4.78 is 31.7. The van der Waals surface area contributed by atoms with Gasteiger partial charge in [-0.25, -0.2) is 8.78 Å². The van der Waals surface area contributed by atoms with Crippen molar-refractivity contribution in [3.63, 3.8) is 0 Å². The van der Waals surface area contributed by atoms with Crippen LogP contribution in [0.3, 0.4) is 0 Å². The average Bonchev–Trinajstić information content (AvgIpc) is 2.15. The summed E-state index contributed by atoms with van der Waals surface area (Å²) in [6, 6.07) is 0.201. The first-order valence-electron chi connectivity index (χ1n) is 5.29. The summed E-state index contributed by atoms with van der Waals surface area (Å²) in [6.45, 7) is 3.51. The highest BCUT2D eigenvalue weighted by Gasteiger charge is 2.47. The van der Waals surface area contributed by atoms with Crippen LogP contribution in [0.2, 0.25) is 0 Å². The highest BCUT2D eigenvalue weighted by atomic mass is 19.3. The van der Waals surface area contributed by atoms with Crippen molar-refractivity contribution in [2.45, 2.75) is 50.2 Å². The van der Waals surface area contributed by atoms with Gasteiger partial charge in [-0.1, -0.05) is 0 Å². The molecule has 0 aromatic rings. The van der Waals surface area contributed by atoms with Crippen LogP contribution in [0.15, 0.2) is 0 Å². The van der Waals surface area contributed by atoms with Crippen LogP contribution in [0.25, 0.3) is 0 Å². The monoisotopic (exact) mass is 205 g/mol. The molecule has 0 radical (unpaired) electrons. The van der Waals surface area contributed by atoms with Crippen LogP contribution in [0.1, 0.15) is 32.6 Å². The molecule has 1 atom stereocenters. The topological polar surface area (TPSA) is 21.3 Å². The lowest BCUT2D eigenvalue weighted by Gasteiger charge is -2.47. The molecule has 1 unspecified atom stereocenters. The van der Waals surface area contributed by atoms with Crippen molar-refractivity contribution in [1.82, 2.24) is 5.32 Å². The van der Waals surface area contributed by atoms with Crippen molar-refractivity contribution in [3.8, 4) is 0 Å². The van der Waals surface area contributed by atoms with Crippen LogP contribution < -0.4 is 5.32 Å². The van der Waals surface area contributed by atoms with Crippen molar-refractivity contribution in [2.75, 3.05) is 13.2 Å². The van der Waals surface area contributed by atoms with Gasteiger partial charge in [-0.2, -0.15) is 0 Å². The Kier molecular flexibility index (Phi) is 2.52. The largest absolute Gasteiger partial charge is 0.372 e. The molecule has 2 aliphatic rings. The van der Waals surface area contributed by atoms with E-state index in [-0.39, 0.29) is 24.5 Å². The van der Waals surface area contributed by atoms with Crippen LogP contribution in [-0.2, 0) is 4.74 Å². The molecule has 2 fully saturated rings. The molecule has 0 amide bonds. The van der Waals surface area contributed by atoms with Gasteiger partial charge in [0.05, 0.1) is 12.2 Å². The fourth-order valence-electron chi connectivity index (χ4n) is 2.46. The molecule has 2 rings (SSSR count). The first-order chi connectivity index (χ1) is 6.54. The van der Waals surface area contributed by atoms with E-state index < -0.39 is 5.92 Å². The van der Waals surface area contributed by atoms with E-state index in [1.54, 1.807) is 0 Å². The van der Waals surface area contributed by atoms with Gasteiger partial charge >= 0.3 is 0 Å². The molecule has 1 aliphatic carbocycles. The summed E-state index contributed by atoms with van der Waals surface area (Å²) >= 11 is 0. The minimum atomic E-state index is -2.47. The van der Waals surface area contributed by atoms with Gasteiger partial charge in [-0.3, -0.25) is 0 Å². The molecule has 1 spiro atoms. The third-order valence-electron chi connectivity index (χ3n) is 3.56. The number of rotatable bonds is 0. The lowest BCUT2D eigenvalue weighted by Crippen LogP contribution is -2.58. The minimum Gasteiger partial charge on any atom is -0.372 e. The van der Waals surface area contributed by atoms with Crippen molar-refractivity contribution in [1.29, 1.82) is 0 Å². The standard InChI is InChI=1S/C10H17F2NO/c1-8-9(14-7-6-13-8)2-4-10(11,12)5-3-9/h8,13H,2-7H2,1H3. The number of nitrogens with one attached hydrogen (secondary N) is 1. The van der Waals surface area contributed by atoms with E-state index in [2.05, 4.69) is 5.32 Å². The number of hydrogen-bond acceptors (Lipinski definition) is 2. The maximum Gasteiger partial charge on any atom is 0.248 e. The van der Waals surface area contributed by atoms with Gasteiger partial charge in [0.2, 0.25) is 5.92 Å². The van der Waals surface area contributed by atoms with Crippen LogP contribution in [-0.4, -0.2) is 30.7 Å². The predicted octanol–water partition coefficient (Wildman–Crippen LogP) is 1.94. The molecule has 2 nitrogen and oxygen atoms in total. The van der Waals surface area contributed by atoms with Crippen LogP contribution >= 0.6 is 0 Å². The Balaban J connectivity index is 2.03. The van der Waals surface area contributed by atoms with E-state index >= 15 is 0 Å². The molecule has 1 aliphatic heterocycles. The maximum absolute atomic E-state index is 13.0. The van der Waals surface area contributed by atoms with E-state index in [0.717, 1.165) is 6.54 Å². The molecular weight excluding hydrogens is 188 g/mol. The second kappa shape index (κ2) is 3.42. The van der Waals surface area contributed by atoms with Gasteiger partial charge < -0.3 is 10.1 Å². The normalized spacial score (nSPS) is 35.8. The van der Waals surface area contributed by atoms with Crippen molar-refractivity contribution >= 4 is 0 Å². The molecule has 1 saturated heterocycles. The number of ether oxygens (including phenoxy) is 1. The van der Waals surface area contributed by atoms with E-state index in [1.807, 2.05) is 6.92 Å². The van der Waals surface area contributed by atoms with E-state index in [1.165, 1.54) is 0 Å². The van der Waals surface area contributed by atoms with Crippen molar-refractivity contribution < 1.29 is 13.5 Å². The minimum absolute atomic E-state index is 0.0288. The first kappa shape index (κ1) is 10.3. The SMILES string of the molecule is CC1NCCOC12CCC(F)(F)CC2. The van der Waals surface area contributed by atoms with Gasteiger partial charge in [-0.15, -0.1) is 0 Å². The van der Waals surface area contributed by atoms with E-state index in [0.29, 0.717) is 19.4 Å². The van der Waals surface area contributed by atoms with Gasteiger partial charge in [0.1, 0.15) is 0 Å². The average molecular weight is 205 g/mol. The zero-order chi connectivity index (χ0) is 10.2. The zero-order valence-corrected chi connectivity index (χ0v) is 8.48. The fourth-order valence-corrected chi connectivity index (χ4v) is 2.46. The van der Waals surface area contributed by atoms with E-state index in [9.17, 15) is 8.78 Å². The van der Waals surface area contributed by atoms with E-state index in [4.69, 9.17) is 4.74 Å². The van der Waals surface area contributed by atoms with Crippen LogP contribution in [0, 0.1) is 0 Å². The Morgan fingerprint density at radius 2 is 1.86 bits per heavy atom. The van der Waals surface area contributed by atoms with Crippen LogP contribution in [0.5, 0.6) is 0 Å². The molecule has 1 saturated carbocycles. The van der Waals surface area contributed by atoms with Gasteiger partial charge in [0.15, 0.2) is 0 Å². The number of alkyl halides is 2. The summed E-state index contributed by atoms with van der Waals surface area (Å²) in [5.41, 5.74) is -0.320. The summed E-state index contributed by atoms with van der Waals surface area (Å²) in [5.74, 6) is -2.47. The second-order valence-electron chi connectivity index (χ2n) is 4.44. The Labute approximate surface area is 83.0 Å². The van der Waals surface area contributed by atoms with Crippen molar-refractivity contribution in [2.24, 2.45) is 0 Å². The Morgan fingerprint density at radius 3 is 2.43 bits per heavy atom. The summed E-state index contributed by atoms with van der Waals surface area (Å²) in [5, 5.41) is 3.30. The summed E-state index contributed by atoms with van der Waals surface area (Å²) in [4.78, 5) is 0. The van der Waals surface area contributed by atoms with Gasteiger partial charge in [0.25, 0.3) is 0 Å². The van der Waals surface area contributed by atoms with Gasteiger partial charge in [-0.05, 0) is 19.8 Å².